The van der Waals surface area contributed by atoms with E-state index in [0.717, 1.165) is 5.75 Å². The number of thioether (sulfide) groups is 1. The Kier molecular flexibility index (Phi) is 8.42. The van der Waals surface area contributed by atoms with Gasteiger partial charge in [0.1, 0.15) is 0 Å². The molecule has 0 amide bonds. The molecule has 1 nitrogen and oxygen atoms in total. The molecule has 0 radical (unpaired) electrons. The molecule has 0 aromatic rings. The van der Waals surface area contributed by atoms with E-state index in [1.165, 1.54) is 18.1 Å². The second-order valence-corrected chi connectivity index (χ2v) is 5.43. The lowest BCUT2D eigenvalue weighted by Crippen LogP contribution is -2.38. The summed E-state index contributed by atoms with van der Waals surface area (Å²) in [6.45, 7) is 10.3. The molecule has 0 aliphatic rings. The number of nitrogens with zero attached hydrogens (tertiary/aromatic N) is 1. The highest BCUT2D eigenvalue weighted by Crippen LogP contribution is 2.08. The normalized spacial score (nSPS) is 12.0. The van der Waals surface area contributed by atoms with Crippen molar-refractivity contribution in [3.05, 3.63) is 0 Å². The lowest BCUT2D eigenvalue weighted by atomic mass is 10.2. The molecule has 0 N–H and O–H groups in total. The Morgan fingerprint density at radius 2 is 1.62 bits per heavy atom. The Hall–Kier alpha value is 0.660. The van der Waals surface area contributed by atoms with Gasteiger partial charge in [-0.2, -0.15) is 24.4 Å². The molecule has 0 spiro atoms. The predicted octanol–water partition coefficient (Wildman–Crippen LogP) is 2.77. The van der Waals surface area contributed by atoms with E-state index in [2.05, 4.69) is 45.2 Å². The van der Waals surface area contributed by atoms with Gasteiger partial charge in [0.05, 0.1) is 0 Å². The average molecular weight is 221 g/mol. The van der Waals surface area contributed by atoms with E-state index in [4.69, 9.17) is 0 Å². The van der Waals surface area contributed by atoms with E-state index in [1.807, 2.05) is 11.8 Å². The summed E-state index contributed by atoms with van der Waals surface area (Å²) in [5.41, 5.74) is 0. The lowest BCUT2D eigenvalue weighted by molar-refractivity contribution is 0.187. The van der Waals surface area contributed by atoms with Gasteiger partial charge in [0.15, 0.2) is 0 Å². The van der Waals surface area contributed by atoms with Gasteiger partial charge in [0.25, 0.3) is 0 Å². The van der Waals surface area contributed by atoms with E-state index < -0.39 is 0 Å². The van der Waals surface area contributed by atoms with Crippen molar-refractivity contribution in [1.82, 2.24) is 4.90 Å². The standard InChI is InChI=1S/C10H23NS2/c1-9(2)11(10(3)4)5-7-13-8-6-12/h9-10,12H,5-8H2,1-4H3. The van der Waals surface area contributed by atoms with Crippen LogP contribution in [0.5, 0.6) is 0 Å². The third-order valence-electron chi connectivity index (χ3n) is 2.06. The van der Waals surface area contributed by atoms with E-state index in [1.54, 1.807) is 0 Å². The van der Waals surface area contributed by atoms with Crippen molar-refractivity contribution in [3.63, 3.8) is 0 Å². The number of hydrogen-bond donors (Lipinski definition) is 1. The van der Waals surface area contributed by atoms with Crippen molar-refractivity contribution in [2.75, 3.05) is 23.8 Å². The minimum atomic E-state index is 0.664. The summed E-state index contributed by atoms with van der Waals surface area (Å²) >= 11 is 6.19. The molecule has 0 saturated carbocycles. The molecule has 0 saturated heterocycles. The zero-order chi connectivity index (χ0) is 10.3. The number of rotatable bonds is 7. The van der Waals surface area contributed by atoms with Gasteiger partial charge in [-0.3, -0.25) is 4.90 Å². The monoisotopic (exact) mass is 221 g/mol. The van der Waals surface area contributed by atoms with Crippen LogP contribution in [0.2, 0.25) is 0 Å². The molecule has 13 heavy (non-hydrogen) atoms. The maximum atomic E-state index is 4.19. The second kappa shape index (κ2) is 8.01. The van der Waals surface area contributed by atoms with Gasteiger partial charge in [-0.15, -0.1) is 0 Å². The van der Waals surface area contributed by atoms with Crippen LogP contribution in [0.3, 0.4) is 0 Å². The van der Waals surface area contributed by atoms with Crippen molar-refractivity contribution >= 4 is 24.4 Å². The zero-order valence-corrected chi connectivity index (χ0v) is 11.0. The lowest BCUT2D eigenvalue weighted by Gasteiger charge is -2.30. The summed E-state index contributed by atoms with van der Waals surface area (Å²) in [6, 6.07) is 1.33. The average Bonchev–Trinajstić information content (AvgIpc) is 2.02. The topological polar surface area (TPSA) is 3.24 Å². The molecule has 0 bridgehead atoms. The molecule has 0 rings (SSSR count). The smallest absolute Gasteiger partial charge is 0.00778 e. The van der Waals surface area contributed by atoms with Crippen LogP contribution in [0, 0.1) is 0 Å². The van der Waals surface area contributed by atoms with Crippen LogP contribution >= 0.6 is 24.4 Å². The van der Waals surface area contributed by atoms with Gasteiger partial charge in [0, 0.05) is 30.1 Å². The Morgan fingerprint density at radius 3 is 2.00 bits per heavy atom. The van der Waals surface area contributed by atoms with Crippen LogP contribution in [-0.2, 0) is 0 Å². The molecule has 0 aromatic heterocycles. The fourth-order valence-corrected chi connectivity index (χ4v) is 2.51. The van der Waals surface area contributed by atoms with Gasteiger partial charge in [0.2, 0.25) is 0 Å². The Labute approximate surface area is 93.1 Å². The molecular weight excluding hydrogens is 198 g/mol. The Balaban J connectivity index is 3.58. The maximum Gasteiger partial charge on any atom is 0.00778 e. The predicted molar refractivity (Wildman–Crippen MR) is 68.2 cm³/mol. The van der Waals surface area contributed by atoms with Crippen molar-refractivity contribution < 1.29 is 0 Å². The SMILES string of the molecule is CC(C)N(CCSCCS)C(C)C. The van der Waals surface area contributed by atoms with Crippen molar-refractivity contribution in [2.24, 2.45) is 0 Å². The van der Waals surface area contributed by atoms with Crippen LogP contribution in [-0.4, -0.2) is 40.8 Å². The molecule has 80 valence electrons. The summed E-state index contributed by atoms with van der Waals surface area (Å²) < 4.78 is 0. The van der Waals surface area contributed by atoms with Crippen molar-refractivity contribution in [3.8, 4) is 0 Å². The number of thiol groups is 1. The third kappa shape index (κ3) is 6.69. The molecule has 0 fully saturated rings. The van der Waals surface area contributed by atoms with E-state index in [-0.39, 0.29) is 0 Å². The molecular formula is C10H23NS2. The molecule has 0 heterocycles. The van der Waals surface area contributed by atoms with Gasteiger partial charge in [-0.05, 0) is 33.4 Å². The fourth-order valence-electron chi connectivity index (χ4n) is 1.45. The van der Waals surface area contributed by atoms with Gasteiger partial charge in [-0.1, -0.05) is 0 Å². The first-order valence-electron chi connectivity index (χ1n) is 5.04. The van der Waals surface area contributed by atoms with Crippen LogP contribution in [0.25, 0.3) is 0 Å². The first-order valence-corrected chi connectivity index (χ1v) is 6.82. The maximum absolute atomic E-state index is 4.19. The Bertz CT molecular complexity index is 107. The van der Waals surface area contributed by atoms with Crippen LogP contribution < -0.4 is 0 Å². The van der Waals surface area contributed by atoms with E-state index >= 15 is 0 Å². The fraction of sp³-hybridized carbons (Fsp3) is 1.00. The highest BCUT2D eigenvalue weighted by molar-refractivity contribution is 8.00. The van der Waals surface area contributed by atoms with E-state index in [0.29, 0.717) is 12.1 Å². The second-order valence-electron chi connectivity index (χ2n) is 3.76. The minimum absolute atomic E-state index is 0.664. The summed E-state index contributed by atoms with van der Waals surface area (Å²) in [5.74, 6) is 3.40. The van der Waals surface area contributed by atoms with Crippen LogP contribution in [0.15, 0.2) is 0 Å². The van der Waals surface area contributed by atoms with Crippen molar-refractivity contribution in [2.45, 2.75) is 39.8 Å². The first-order chi connectivity index (χ1) is 6.09. The summed E-state index contributed by atoms with van der Waals surface area (Å²) in [6.07, 6.45) is 0. The van der Waals surface area contributed by atoms with Crippen LogP contribution in [0.4, 0.5) is 0 Å². The number of hydrogen-bond acceptors (Lipinski definition) is 3. The van der Waals surface area contributed by atoms with E-state index in [9.17, 15) is 0 Å². The molecule has 0 unspecified atom stereocenters. The third-order valence-corrected chi connectivity index (χ3v) is 3.55. The highest BCUT2D eigenvalue weighted by Gasteiger charge is 2.11. The van der Waals surface area contributed by atoms with Crippen molar-refractivity contribution in [1.29, 1.82) is 0 Å². The highest BCUT2D eigenvalue weighted by atomic mass is 32.2. The van der Waals surface area contributed by atoms with Crippen LogP contribution in [0.1, 0.15) is 27.7 Å². The molecule has 0 aliphatic carbocycles. The Morgan fingerprint density at radius 1 is 1.08 bits per heavy atom. The molecule has 0 atom stereocenters. The van der Waals surface area contributed by atoms with Gasteiger partial charge >= 0.3 is 0 Å². The van der Waals surface area contributed by atoms with Gasteiger partial charge in [-0.25, -0.2) is 0 Å². The summed E-state index contributed by atoms with van der Waals surface area (Å²) in [4.78, 5) is 2.53. The molecule has 0 aliphatic heterocycles. The quantitative estimate of drug-likeness (QED) is 0.520. The van der Waals surface area contributed by atoms with Gasteiger partial charge < -0.3 is 0 Å². The summed E-state index contributed by atoms with van der Waals surface area (Å²) in [5, 5.41) is 0. The minimum Gasteiger partial charge on any atom is -0.298 e. The zero-order valence-electron chi connectivity index (χ0n) is 9.29. The largest absolute Gasteiger partial charge is 0.298 e. The summed E-state index contributed by atoms with van der Waals surface area (Å²) in [7, 11) is 0. The first kappa shape index (κ1) is 13.7. The molecule has 3 heteroatoms. The molecule has 0 aromatic carbocycles.